The molecule has 1 aromatic heterocycles. The zero-order valence-electron chi connectivity index (χ0n) is 15.1. The van der Waals surface area contributed by atoms with Crippen molar-refractivity contribution >= 4 is 5.96 Å². The molecular formula is C19H24N4O3. The summed E-state index contributed by atoms with van der Waals surface area (Å²) in [4.78, 5) is 8.51. The third-order valence-electron chi connectivity index (χ3n) is 3.94. The van der Waals surface area contributed by atoms with E-state index >= 15 is 0 Å². The number of nitrogens with zero attached hydrogens (tertiary/aromatic N) is 2. The van der Waals surface area contributed by atoms with E-state index in [1.165, 1.54) is 5.56 Å². The number of ether oxygens (including phenoxy) is 3. The van der Waals surface area contributed by atoms with Crippen molar-refractivity contribution in [3.05, 3.63) is 47.7 Å². The van der Waals surface area contributed by atoms with Crippen LogP contribution >= 0.6 is 0 Å². The summed E-state index contributed by atoms with van der Waals surface area (Å²) in [6, 6.07) is 9.90. The Morgan fingerprint density at radius 3 is 2.96 bits per heavy atom. The molecule has 26 heavy (non-hydrogen) atoms. The van der Waals surface area contributed by atoms with E-state index in [0.717, 1.165) is 36.0 Å². The minimum absolute atomic E-state index is 0.297. The zero-order chi connectivity index (χ0) is 18.2. The number of hydrogen-bond donors (Lipinski definition) is 2. The molecule has 0 amide bonds. The van der Waals surface area contributed by atoms with Crippen LogP contribution in [0.15, 0.2) is 41.5 Å². The predicted molar refractivity (Wildman–Crippen MR) is 99.9 cm³/mol. The van der Waals surface area contributed by atoms with Crippen molar-refractivity contribution in [2.45, 2.75) is 19.9 Å². The molecule has 0 saturated heterocycles. The Bertz CT molecular complexity index is 764. The maximum absolute atomic E-state index is 5.55. The fraction of sp³-hybridized carbons (Fsp3) is 0.368. The first-order valence-electron chi connectivity index (χ1n) is 8.70. The van der Waals surface area contributed by atoms with Crippen LogP contribution in [0.3, 0.4) is 0 Å². The van der Waals surface area contributed by atoms with Gasteiger partial charge in [0.1, 0.15) is 0 Å². The lowest BCUT2D eigenvalue weighted by Crippen LogP contribution is -2.38. The number of aliphatic imine (C=N–C) groups is 1. The lowest BCUT2D eigenvalue weighted by Gasteiger charge is -2.13. The Labute approximate surface area is 153 Å². The van der Waals surface area contributed by atoms with E-state index in [4.69, 9.17) is 14.2 Å². The maximum Gasteiger partial charge on any atom is 0.231 e. The fourth-order valence-electron chi connectivity index (χ4n) is 2.65. The van der Waals surface area contributed by atoms with Crippen LogP contribution in [0.4, 0.5) is 0 Å². The number of rotatable bonds is 7. The Kier molecular flexibility index (Phi) is 6.14. The summed E-state index contributed by atoms with van der Waals surface area (Å²) in [6.45, 7) is 4.18. The monoisotopic (exact) mass is 356 g/mol. The number of benzene rings is 1. The average Bonchev–Trinajstić information content (AvgIpc) is 3.13. The van der Waals surface area contributed by atoms with Gasteiger partial charge in [0.15, 0.2) is 17.5 Å². The number of fused-ring (bicyclic) bond motifs is 1. The molecule has 7 nitrogen and oxygen atoms in total. The van der Waals surface area contributed by atoms with Gasteiger partial charge < -0.3 is 24.8 Å². The molecule has 138 valence electrons. The third-order valence-corrected chi connectivity index (χ3v) is 3.94. The first-order chi connectivity index (χ1) is 12.8. The Morgan fingerprint density at radius 2 is 2.12 bits per heavy atom. The number of aromatic nitrogens is 1. The maximum atomic E-state index is 5.55. The summed E-state index contributed by atoms with van der Waals surface area (Å²) in [7, 11) is 1.75. The fourth-order valence-corrected chi connectivity index (χ4v) is 2.65. The zero-order valence-corrected chi connectivity index (χ0v) is 15.1. The molecule has 0 bridgehead atoms. The average molecular weight is 356 g/mol. The van der Waals surface area contributed by atoms with Gasteiger partial charge in [0, 0.05) is 31.9 Å². The summed E-state index contributed by atoms with van der Waals surface area (Å²) in [5.41, 5.74) is 2.18. The number of pyridine rings is 1. The van der Waals surface area contributed by atoms with Crippen LogP contribution in [0.2, 0.25) is 0 Å². The van der Waals surface area contributed by atoms with Crippen molar-refractivity contribution in [2.75, 3.05) is 27.0 Å². The van der Waals surface area contributed by atoms with Crippen LogP contribution in [-0.2, 0) is 13.0 Å². The van der Waals surface area contributed by atoms with E-state index in [2.05, 4.69) is 26.7 Å². The topological polar surface area (TPSA) is 77.0 Å². The highest BCUT2D eigenvalue weighted by atomic mass is 16.7. The van der Waals surface area contributed by atoms with E-state index in [0.29, 0.717) is 25.8 Å². The van der Waals surface area contributed by atoms with Gasteiger partial charge in [-0.2, -0.15) is 0 Å². The summed E-state index contributed by atoms with van der Waals surface area (Å²) >= 11 is 0. The van der Waals surface area contributed by atoms with Crippen molar-refractivity contribution in [3.63, 3.8) is 0 Å². The molecule has 0 unspecified atom stereocenters. The molecule has 0 atom stereocenters. The second-order valence-electron chi connectivity index (χ2n) is 5.69. The standard InChI is InChI=1S/C19H24N4O3/c1-3-24-18-15(5-4-9-21-18)12-23-19(20-2)22-10-8-14-6-7-16-17(11-14)26-13-25-16/h4-7,9,11H,3,8,10,12-13H2,1-2H3,(H2,20,22,23). The largest absolute Gasteiger partial charge is 0.478 e. The molecule has 2 heterocycles. The molecule has 7 heteroatoms. The van der Waals surface area contributed by atoms with Crippen molar-refractivity contribution < 1.29 is 14.2 Å². The van der Waals surface area contributed by atoms with E-state index < -0.39 is 0 Å². The van der Waals surface area contributed by atoms with Crippen LogP contribution in [0.25, 0.3) is 0 Å². The normalized spacial score (nSPS) is 12.8. The summed E-state index contributed by atoms with van der Waals surface area (Å²) in [5.74, 6) is 3.00. The van der Waals surface area contributed by atoms with E-state index in [1.807, 2.05) is 31.2 Å². The van der Waals surface area contributed by atoms with Gasteiger partial charge in [0.25, 0.3) is 0 Å². The molecule has 3 rings (SSSR count). The van der Waals surface area contributed by atoms with Crippen LogP contribution in [0.1, 0.15) is 18.1 Å². The van der Waals surface area contributed by atoms with Crippen molar-refractivity contribution in [2.24, 2.45) is 4.99 Å². The molecule has 0 aliphatic carbocycles. The number of hydrogen-bond acceptors (Lipinski definition) is 5. The molecule has 0 fully saturated rings. The Morgan fingerprint density at radius 1 is 1.23 bits per heavy atom. The van der Waals surface area contributed by atoms with Gasteiger partial charge in [-0.25, -0.2) is 4.98 Å². The molecule has 1 aromatic carbocycles. The highest BCUT2D eigenvalue weighted by Crippen LogP contribution is 2.32. The molecule has 1 aliphatic rings. The number of guanidine groups is 1. The van der Waals surface area contributed by atoms with Gasteiger partial charge in [-0.3, -0.25) is 4.99 Å². The Balaban J connectivity index is 1.48. The quantitative estimate of drug-likeness (QED) is 0.585. The second-order valence-corrected chi connectivity index (χ2v) is 5.69. The molecule has 1 aliphatic heterocycles. The van der Waals surface area contributed by atoms with Gasteiger partial charge in [-0.05, 0) is 37.1 Å². The van der Waals surface area contributed by atoms with Crippen LogP contribution in [-0.4, -0.2) is 37.9 Å². The van der Waals surface area contributed by atoms with E-state index in [1.54, 1.807) is 13.2 Å². The van der Waals surface area contributed by atoms with Crippen LogP contribution < -0.4 is 24.8 Å². The van der Waals surface area contributed by atoms with Gasteiger partial charge in [0.05, 0.1) is 6.61 Å². The first kappa shape index (κ1) is 17.8. The predicted octanol–water partition coefficient (Wildman–Crippen LogP) is 2.12. The van der Waals surface area contributed by atoms with Gasteiger partial charge in [-0.15, -0.1) is 0 Å². The van der Waals surface area contributed by atoms with Gasteiger partial charge >= 0.3 is 0 Å². The minimum atomic E-state index is 0.297. The summed E-state index contributed by atoms with van der Waals surface area (Å²) in [6.07, 6.45) is 2.58. The van der Waals surface area contributed by atoms with Crippen LogP contribution in [0, 0.1) is 0 Å². The highest BCUT2D eigenvalue weighted by Gasteiger charge is 2.13. The van der Waals surface area contributed by atoms with Gasteiger partial charge in [0.2, 0.25) is 12.7 Å². The lowest BCUT2D eigenvalue weighted by atomic mass is 10.1. The number of nitrogens with one attached hydrogen (secondary N) is 2. The van der Waals surface area contributed by atoms with Crippen LogP contribution in [0.5, 0.6) is 17.4 Å². The molecule has 0 saturated carbocycles. The highest BCUT2D eigenvalue weighted by molar-refractivity contribution is 5.79. The Hall–Kier alpha value is -2.96. The second kappa shape index (κ2) is 8.94. The minimum Gasteiger partial charge on any atom is -0.478 e. The smallest absolute Gasteiger partial charge is 0.231 e. The van der Waals surface area contributed by atoms with Crippen molar-refractivity contribution in [1.29, 1.82) is 0 Å². The molecular weight excluding hydrogens is 332 g/mol. The summed E-state index contributed by atoms with van der Waals surface area (Å²) < 4.78 is 16.3. The molecule has 0 radical (unpaired) electrons. The first-order valence-corrected chi connectivity index (χ1v) is 8.70. The lowest BCUT2D eigenvalue weighted by molar-refractivity contribution is 0.174. The van der Waals surface area contributed by atoms with E-state index in [9.17, 15) is 0 Å². The molecule has 2 aromatic rings. The molecule has 2 N–H and O–H groups in total. The van der Waals surface area contributed by atoms with Gasteiger partial charge in [-0.1, -0.05) is 12.1 Å². The molecule has 0 spiro atoms. The van der Waals surface area contributed by atoms with Crippen molar-refractivity contribution in [1.82, 2.24) is 15.6 Å². The third kappa shape index (κ3) is 4.56. The van der Waals surface area contributed by atoms with Crippen molar-refractivity contribution in [3.8, 4) is 17.4 Å². The van der Waals surface area contributed by atoms with E-state index in [-0.39, 0.29) is 0 Å². The SMILES string of the molecule is CCOc1ncccc1CNC(=NC)NCCc1ccc2c(c1)OCO2. The summed E-state index contributed by atoms with van der Waals surface area (Å²) in [5, 5.41) is 6.60.